The number of hydrogen-bond donors (Lipinski definition) is 0. The highest BCUT2D eigenvalue weighted by Gasteiger charge is 2.19. The highest BCUT2D eigenvalue weighted by Crippen LogP contribution is 2.22. The molecule has 1 aromatic heterocycles. The Morgan fingerprint density at radius 3 is 2.45 bits per heavy atom. The van der Waals surface area contributed by atoms with E-state index in [1.54, 1.807) is 18.2 Å². The van der Waals surface area contributed by atoms with Crippen LogP contribution < -0.4 is 9.47 Å². The van der Waals surface area contributed by atoms with Crippen LogP contribution in [0.5, 0.6) is 11.6 Å². The average molecular weight is 422 g/mol. The first kappa shape index (κ1) is 21.2. The van der Waals surface area contributed by atoms with Crippen LogP contribution >= 0.6 is 0 Å². The van der Waals surface area contributed by atoms with Gasteiger partial charge in [-0.15, -0.1) is 10.2 Å². The predicted molar refractivity (Wildman–Crippen MR) is 119 cm³/mol. The molecule has 1 saturated heterocycles. The van der Waals surface area contributed by atoms with Crippen LogP contribution in [0.25, 0.3) is 11.3 Å². The maximum atomic E-state index is 13.0. The summed E-state index contributed by atoms with van der Waals surface area (Å²) in [5.74, 6) is 1.03. The van der Waals surface area contributed by atoms with E-state index >= 15 is 0 Å². The Labute approximate surface area is 182 Å². The number of hydrogen-bond acceptors (Lipinski definition) is 5. The van der Waals surface area contributed by atoms with Crippen LogP contribution in [0.3, 0.4) is 0 Å². The van der Waals surface area contributed by atoms with Crippen LogP contribution in [0.15, 0.2) is 60.7 Å². The van der Waals surface area contributed by atoms with Crippen molar-refractivity contribution in [1.82, 2.24) is 15.1 Å². The van der Waals surface area contributed by atoms with E-state index in [2.05, 4.69) is 22.0 Å². The van der Waals surface area contributed by atoms with E-state index in [0.29, 0.717) is 18.5 Å². The highest BCUT2D eigenvalue weighted by atomic mass is 19.1. The Balaban J connectivity index is 1.24. The van der Waals surface area contributed by atoms with Crippen LogP contribution in [0.1, 0.15) is 31.7 Å². The first-order valence-electron chi connectivity index (χ1n) is 10.9. The van der Waals surface area contributed by atoms with Gasteiger partial charge in [-0.1, -0.05) is 12.1 Å². The molecular weight excluding hydrogens is 393 g/mol. The smallest absolute Gasteiger partial charge is 0.233 e. The Morgan fingerprint density at radius 2 is 1.77 bits per heavy atom. The van der Waals surface area contributed by atoms with Crippen molar-refractivity contribution in [2.45, 2.75) is 38.8 Å². The van der Waals surface area contributed by atoms with E-state index in [1.165, 1.54) is 31.5 Å². The van der Waals surface area contributed by atoms with Gasteiger partial charge in [0.15, 0.2) is 0 Å². The van der Waals surface area contributed by atoms with Crippen LogP contribution in [0, 0.1) is 5.82 Å². The third kappa shape index (κ3) is 6.01. The zero-order chi connectivity index (χ0) is 21.5. The topological polar surface area (TPSA) is 47.5 Å². The second kappa shape index (κ2) is 10.4. The number of halogens is 1. The average Bonchev–Trinajstić information content (AvgIpc) is 3.22. The number of rotatable bonds is 9. The van der Waals surface area contributed by atoms with Gasteiger partial charge in [-0.05, 0) is 80.8 Å². The second-order valence-electron chi connectivity index (χ2n) is 7.93. The standard InChI is InChI=1S/C25H28FN3O2/c1-19-4-2-15-29(19)16-3-17-30-23-11-7-21(8-12-23)24-13-14-25(28-27-24)31-18-20-5-9-22(26)10-6-20/h5-14,19H,2-4,15-18H2,1H3. The zero-order valence-electron chi connectivity index (χ0n) is 17.8. The second-order valence-corrected chi connectivity index (χ2v) is 7.93. The molecule has 162 valence electrons. The first-order valence-corrected chi connectivity index (χ1v) is 10.9. The third-order valence-electron chi connectivity index (χ3n) is 5.64. The molecule has 5 nitrogen and oxygen atoms in total. The lowest BCUT2D eigenvalue weighted by Gasteiger charge is -2.20. The number of ether oxygens (including phenoxy) is 2. The van der Waals surface area contributed by atoms with Gasteiger partial charge in [-0.3, -0.25) is 0 Å². The minimum absolute atomic E-state index is 0.263. The first-order chi connectivity index (χ1) is 15.2. The molecule has 0 N–H and O–H groups in total. The van der Waals surface area contributed by atoms with Gasteiger partial charge in [0.05, 0.1) is 12.3 Å². The molecule has 6 heteroatoms. The predicted octanol–water partition coefficient (Wildman–Crippen LogP) is 5.11. The molecule has 1 aliphatic rings. The monoisotopic (exact) mass is 421 g/mol. The summed E-state index contributed by atoms with van der Waals surface area (Å²) in [6.45, 7) is 5.66. The molecule has 1 atom stereocenters. The highest BCUT2D eigenvalue weighted by molar-refractivity contribution is 5.59. The molecule has 0 amide bonds. The molecule has 0 bridgehead atoms. The lowest BCUT2D eigenvalue weighted by atomic mass is 10.1. The van der Waals surface area contributed by atoms with Gasteiger partial charge in [-0.25, -0.2) is 4.39 Å². The van der Waals surface area contributed by atoms with Crippen molar-refractivity contribution in [3.63, 3.8) is 0 Å². The van der Waals surface area contributed by atoms with E-state index in [4.69, 9.17) is 9.47 Å². The van der Waals surface area contributed by atoms with Crippen molar-refractivity contribution in [1.29, 1.82) is 0 Å². The Morgan fingerprint density at radius 1 is 0.968 bits per heavy atom. The SMILES string of the molecule is CC1CCCN1CCCOc1ccc(-c2ccc(OCc3ccc(F)cc3)nn2)cc1. The van der Waals surface area contributed by atoms with Gasteiger partial charge in [0.1, 0.15) is 18.2 Å². The fourth-order valence-electron chi connectivity index (χ4n) is 3.79. The summed E-state index contributed by atoms with van der Waals surface area (Å²) in [4.78, 5) is 2.54. The van der Waals surface area contributed by atoms with Crippen molar-refractivity contribution in [2.24, 2.45) is 0 Å². The molecule has 0 spiro atoms. The molecule has 0 radical (unpaired) electrons. The fourth-order valence-corrected chi connectivity index (χ4v) is 3.79. The summed E-state index contributed by atoms with van der Waals surface area (Å²) in [7, 11) is 0. The van der Waals surface area contributed by atoms with Gasteiger partial charge in [0.25, 0.3) is 0 Å². The summed E-state index contributed by atoms with van der Waals surface area (Å²) in [6.07, 6.45) is 3.66. The van der Waals surface area contributed by atoms with Crippen molar-refractivity contribution >= 4 is 0 Å². The normalized spacial score (nSPS) is 16.4. The van der Waals surface area contributed by atoms with Crippen LogP contribution in [-0.2, 0) is 6.61 Å². The van der Waals surface area contributed by atoms with Crippen LogP contribution in [-0.4, -0.2) is 40.8 Å². The summed E-state index contributed by atoms with van der Waals surface area (Å²) >= 11 is 0. The van der Waals surface area contributed by atoms with Crippen molar-refractivity contribution in [3.05, 3.63) is 72.0 Å². The zero-order valence-corrected chi connectivity index (χ0v) is 17.8. The molecule has 0 saturated carbocycles. The molecule has 1 aliphatic heterocycles. The van der Waals surface area contributed by atoms with E-state index in [0.717, 1.165) is 42.1 Å². The number of likely N-dealkylation sites (tertiary alicyclic amines) is 1. The molecule has 3 aromatic rings. The van der Waals surface area contributed by atoms with Gasteiger partial charge in [0.2, 0.25) is 5.88 Å². The van der Waals surface area contributed by atoms with Crippen LogP contribution in [0.4, 0.5) is 4.39 Å². The molecule has 4 rings (SSSR count). The Hall–Kier alpha value is -2.99. The molecule has 0 aliphatic carbocycles. The summed E-state index contributed by atoms with van der Waals surface area (Å²) in [6, 6.07) is 18.5. The lowest BCUT2D eigenvalue weighted by Crippen LogP contribution is -2.28. The third-order valence-corrected chi connectivity index (χ3v) is 5.64. The maximum absolute atomic E-state index is 13.0. The Kier molecular flexibility index (Phi) is 7.10. The molecular formula is C25H28FN3O2. The van der Waals surface area contributed by atoms with Gasteiger partial charge in [0, 0.05) is 24.2 Å². The van der Waals surface area contributed by atoms with E-state index in [9.17, 15) is 4.39 Å². The van der Waals surface area contributed by atoms with Crippen LogP contribution in [0.2, 0.25) is 0 Å². The quantitative estimate of drug-likeness (QED) is 0.449. The van der Waals surface area contributed by atoms with E-state index in [-0.39, 0.29) is 5.82 Å². The summed E-state index contributed by atoms with van der Waals surface area (Å²) < 4.78 is 24.5. The molecule has 2 heterocycles. The van der Waals surface area contributed by atoms with E-state index in [1.807, 2.05) is 30.3 Å². The summed E-state index contributed by atoms with van der Waals surface area (Å²) in [5, 5.41) is 8.38. The summed E-state index contributed by atoms with van der Waals surface area (Å²) in [5.41, 5.74) is 2.61. The largest absolute Gasteiger partial charge is 0.494 e. The molecule has 1 unspecified atom stereocenters. The molecule has 1 fully saturated rings. The molecule has 31 heavy (non-hydrogen) atoms. The van der Waals surface area contributed by atoms with E-state index < -0.39 is 0 Å². The van der Waals surface area contributed by atoms with Crippen molar-refractivity contribution < 1.29 is 13.9 Å². The van der Waals surface area contributed by atoms with Crippen molar-refractivity contribution in [2.75, 3.05) is 19.7 Å². The van der Waals surface area contributed by atoms with Gasteiger partial charge >= 0.3 is 0 Å². The lowest BCUT2D eigenvalue weighted by molar-refractivity contribution is 0.230. The number of benzene rings is 2. The van der Waals surface area contributed by atoms with Gasteiger partial charge in [-0.2, -0.15) is 0 Å². The Bertz CT molecular complexity index is 946. The van der Waals surface area contributed by atoms with Crippen molar-refractivity contribution in [3.8, 4) is 22.9 Å². The molecule has 2 aromatic carbocycles. The number of nitrogens with zero attached hydrogens (tertiary/aromatic N) is 3. The minimum atomic E-state index is -0.263. The maximum Gasteiger partial charge on any atom is 0.233 e. The fraction of sp³-hybridized carbons (Fsp3) is 0.360. The van der Waals surface area contributed by atoms with Gasteiger partial charge < -0.3 is 14.4 Å². The number of aromatic nitrogens is 2. The minimum Gasteiger partial charge on any atom is -0.494 e.